The molecule has 1 aromatic rings. The minimum atomic E-state index is -0.189. The van der Waals surface area contributed by atoms with E-state index in [9.17, 15) is 4.39 Å². The topological polar surface area (TPSA) is 24.5 Å². The van der Waals surface area contributed by atoms with Gasteiger partial charge in [-0.25, -0.2) is 4.39 Å². The summed E-state index contributed by atoms with van der Waals surface area (Å²) in [4.78, 5) is 1.94. The van der Waals surface area contributed by atoms with E-state index >= 15 is 0 Å². The fourth-order valence-electron chi connectivity index (χ4n) is 2.10. The fraction of sp³-hybridized carbons (Fsp3) is 0.538. The zero-order chi connectivity index (χ0) is 12.3. The van der Waals surface area contributed by atoms with E-state index in [-0.39, 0.29) is 18.0 Å². The van der Waals surface area contributed by atoms with Crippen molar-refractivity contribution in [3.8, 4) is 0 Å². The summed E-state index contributed by atoms with van der Waals surface area (Å²) in [6.07, 6.45) is 0.105. The summed E-state index contributed by atoms with van der Waals surface area (Å²) < 4.78 is 19.4. The molecule has 0 saturated carbocycles. The van der Waals surface area contributed by atoms with E-state index in [1.807, 2.05) is 18.0 Å². The molecule has 2 rings (SSSR count). The molecule has 1 aromatic carbocycles. The molecular weight excluding hydrogens is 219 g/mol. The molecule has 2 atom stereocenters. The Morgan fingerprint density at radius 2 is 2.24 bits per heavy atom. The summed E-state index contributed by atoms with van der Waals surface area (Å²) in [5.41, 5.74) is 0.620. The summed E-state index contributed by atoms with van der Waals surface area (Å²) in [5.74, 6) is -0.189. The Hall–Kier alpha value is -1.13. The van der Waals surface area contributed by atoms with Crippen LogP contribution in [0.15, 0.2) is 24.3 Å². The number of nitrogens with zero attached hydrogens (tertiary/aromatic N) is 1. The molecule has 3 nitrogen and oxygen atoms in total. The molecule has 1 aliphatic rings. The number of morpholine rings is 1. The number of nitrogens with one attached hydrogen (secondary N) is 1. The van der Waals surface area contributed by atoms with E-state index in [2.05, 4.69) is 12.2 Å². The second kappa shape index (κ2) is 5.47. The van der Waals surface area contributed by atoms with Crippen molar-refractivity contribution in [2.45, 2.75) is 19.1 Å². The highest BCUT2D eigenvalue weighted by Crippen LogP contribution is 2.21. The van der Waals surface area contributed by atoms with Crippen LogP contribution in [0, 0.1) is 5.82 Å². The molecule has 0 radical (unpaired) electrons. The SMILES string of the molecule is CC(C1CNCCO1)N(C)c1ccccc1F. The summed E-state index contributed by atoms with van der Waals surface area (Å²) in [7, 11) is 1.90. The summed E-state index contributed by atoms with van der Waals surface area (Å²) in [6.45, 7) is 4.50. The number of benzene rings is 1. The molecule has 1 fully saturated rings. The van der Waals surface area contributed by atoms with Crippen LogP contribution in [-0.2, 0) is 4.74 Å². The maximum Gasteiger partial charge on any atom is 0.146 e. The third-order valence-electron chi connectivity index (χ3n) is 3.34. The molecule has 4 heteroatoms. The Labute approximate surface area is 102 Å². The second-order valence-electron chi connectivity index (χ2n) is 4.42. The molecule has 94 valence electrons. The van der Waals surface area contributed by atoms with Gasteiger partial charge >= 0.3 is 0 Å². The Bertz CT molecular complexity index is 366. The molecule has 17 heavy (non-hydrogen) atoms. The smallest absolute Gasteiger partial charge is 0.146 e. The first-order valence-electron chi connectivity index (χ1n) is 6.00. The third-order valence-corrected chi connectivity index (χ3v) is 3.34. The zero-order valence-corrected chi connectivity index (χ0v) is 10.3. The van der Waals surface area contributed by atoms with Gasteiger partial charge in [0.1, 0.15) is 5.82 Å². The molecule has 1 saturated heterocycles. The van der Waals surface area contributed by atoms with Gasteiger partial charge in [-0.15, -0.1) is 0 Å². The molecule has 0 aliphatic carbocycles. The van der Waals surface area contributed by atoms with Crippen LogP contribution in [0.4, 0.5) is 10.1 Å². The number of halogens is 1. The van der Waals surface area contributed by atoms with Gasteiger partial charge in [0.15, 0.2) is 0 Å². The van der Waals surface area contributed by atoms with Crippen LogP contribution in [0.25, 0.3) is 0 Å². The van der Waals surface area contributed by atoms with E-state index in [1.165, 1.54) is 6.07 Å². The summed E-state index contributed by atoms with van der Waals surface area (Å²) >= 11 is 0. The largest absolute Gasteiger partial charge is 0.373 e. The Kier molecular flexibility index (Phi) is 3.97. The second-order valence-corrected chi connectivity index (χ2v) is 4.42. The monoisotopic (exact) mass is 238 g/mol. The van der Waals surface area contributed by atoms with E-state index in [4.69, 9.17) is 4.74 Å². The molecule has 0 bridgehead atoms. The number of likely N-dealkylation sites (N-methyl/N-ethyl adjacent to an activating group) is 1. The maximum atomic E-state index is 13.7. The summed E-state index contributed by atoms with van der Waals surface area (Å²) in [6, 6.07) is 6.97. The lowest BCUT2D eigenvalue weighted by molar-refractivity contribution is 0.0153. The van der Waals surface area contributed by atoms with Crippen molar-refractivity contribution in [1.82, 2.24) is 5.32 Å². The lowest BCUT2D eigenvalue weighted by Gasteiger charge is -2.35. The van der Waals surface area contributed by atoms with E-state index in [0.29, 0.717) is 5.69 Å². The van der Waals surface area contributed by atoms with Gasteiger partial charge in [-0.2, -0.15) is 0 Å². The van der Waals surface area contributed by atoms with Gasteiger partial charge in [0.25, 0.3) is 0 Å². The number of anilines is 1. The van der Waals surface area contributed by atoms with Crippen molar-refractivity contribution in [2.75, 3.05) is 31.6 Å². The first kappa shape index (κ1) is 12.3. The van der Waals surface area contributed by atoms with Crippen molar-refractivity contribution in [3.63, 3.8) is 0 Å². The molecule has 1 heterocycles. The van der Waals surface area contributed by atoms with Crippen molar-refractivity contribution in [1.29, 1.82) is 0 Å². The molecular formula is C13H19FN2O. The molecule has 0 spiro atoms. The van der Waals surface area contributed by atoms with Gasteiger partial charge in [0.2, 0.25) is 0 Å². The first-order valence-corrected chi connectivity index (χ1v) is 6.00. The van der Waals surface area contributed by atoms with Gasteiger partial charge in [0, 0.05) is 20.1 Å². The zero-order valence-electron chi connectivity index (χ0n) is 10.3. The van der Waals surface area contributed by atoms with E-state index in [1.54, 1.807) is 12.1 Å². The van der Waals surface area contributed by atoms with Crippen molar-refractivity contribution in [3.05, 3.63) is 30.1 Å². The van der Waals surface area contributed by atoms with Gasteiger partial charge < -0.3 is 15.0 Å². The lowest BCUT2D eigenvalue weighted by Crippen LogP contribution is -2.50. The highest BCUT2D eigenvalue weighted by Gasteiger charge is 2.25. The average Bonchev–Trinajstić information content (AvgIpc) is 2.39. The van der Waals surface area contributed by atoms with Gasteiger partial charge in [-0.05, 0) is 19.1 Å². The first-order chi connectivity index (χ1) is 8.20. The van der Waals surface area contributed by atoms with E-state index < -0.39 is 0 Å². The molecule has 0 aromatic heterocycles. The van der Waals surface area contributed by atoms with Crippen LogP contribution in [0.1, 0.15) is 6.92 Å². The van der Waals surface area contributed by atoms with Crippen molar-refractivity contribution < 1.29 is 9.13 Å². The predicted octanol–water partition coefficient (Wildman–Crippen LogP) is 1.64. The van der Waals surface area contributed by atoms with Gasteiger partial charge in [-0.3, -0.25) is 0 Å². The van der Waals surface area contributed by atoms with Gasteiger partial charge in [0.05, 0.1) is 24.4 Å². The normalized spacial score (nSPS) is 22.2. The average molecular weight is 238 g/mol. The molecule has 1 N–H and O–H groups in total. The number of hydrogen-bond donors (Lipinski definition) is 1. The van der Waals surface area contributed by atoms with Crippen LogP contribution < -0.4 is 10.2 Å². The summed E-state index contributed by atoms with van der Waals surface area (Å²) in [5, 5.41) is 3.29. The van der Waals surface area contributed by atoms with Crippen LogP contribution >= 0.6 is 0 Å². The number of rotatable bonds is 3. The van der Waals surface area contributed by atoms with Crippen molar-refractivity contribution >= 4 is 5.69 Å². The Morgan fingerprint density at radius 3 is 2.88 bits per heavy atom. The predicted molar refractivity (Wildman–Crippen MR) is 66.9 cm³/mol. The molecule has 1 aliphatic heterocycles. The van der Waals surface area contributed by atoms with Crippen molar-refractivity contribution in [2.24, 2.45) is 0 Å². The Morgan fingerprint density at radius 1 is 1.47 bits per heavy atom. The quantitative estimate of drug-likeness (QED) is 0.866. The minimum absolute atomic E-state index is 0.105. The van der Waals surface area contributed by atoms with Crippen LogP contribution in [0.2, 0.25) is 0 Å². The minimum Gasteiger partial charge on any atom is -0.373 e. The number of hydrogen-bond acceptors (Lipinski definition) is 3. The fourth-order valence-corrected chi connectivity index (χ4v) is 2.10. The van der Waals surface area contributed by atoms with E-state index in [0.717, 1.165) is 19.7 Å². The van der Waals surface area contributed by atoms with Gasteiger partial charge in [-0.1, -0.05) is 12.1 Å². The van der Waals surface area contributed by atoms with Crippen LogP contribution in [0.5, 0.6) is 0 Å². The van der Waals surface area contributed by atoms with Crippen LogP contribution in [0.3, 0.4) is 0 Å². The molecule has 2 unspecified atom stereocenters. The number of ether oxygens (including phenoxy) is 1. The maximum absolute atomic E-state index is 13.7. The number of para-hydroxylation sites is 1. The van der Waals surface area contributed by atoms with Crippen LogP contribution in [-0.4, -0.2) is 38.9 Å². The highest BCUT2D eigenvalue weighted by molar-refractivity contribution is 5.47. The Balaban J connectivity index is 2.08. The molecule has 0 amide bonds. The standard InChI is InChI=1S/C13H19FN2O/c1-10(13-9-15-7-8-17-13)16(2)12-6-4-3-5-11(12)14/h3-6,10,13,15H,7-9H2,1-2H3. The highest BCUT2D eigenvalue weighted by atomic mass is 19.1. The lowest BCUT2D eigenvalue weighted by atomic mass is 10.1. The third kappa shape index (κ3) is 2.76.